The van der Waals surface area contributed by atoms with E-state index in [1.54, 1.807) is 0 Å². The van der Waals surface area contributed by atoms with Gasteiger partial charge in [0.05, 0.1) is 5.60 Å². The predicted molar refractivity (Wildman–Crippen MR) is 49.0 cm³/mol. The number of hydrogen-bond donors (Lipinski definition) is 1. The van der Waals surface area contributed by atoms with Gasteiger partial charge in [0.15, 0.2) is 0 Å². The maximum absolute atomic E-state index is 10.4. The Morgan fingerprint density at radius 3 is 2.25 bits per heavy atom. The normalized spacial score (nSPS) is 48.2. The van der Waals surface area contributed by atoms with Crippen LogP contribution in [0.4, 0.5) is 0 Å². The number of hydrogen-bond acceptors (Lipinski definition) is 2. The number of nitrogens with zero attached hydrogens (tertiary/aromatic N) is 1. The molecule has 0 aromatic carbocycles. The van der Waals surface area contributed by atoms with E-state index in [4.69, 9.17) is 0 Å². The molecule has 2 bridgehead atoms. The summed E-state index contributed by atoms with van der Waals surface area (Å²) in [4.78, 5) is 2.37. The minimum absolute atomic E-state index is 0.313. The van der Waals surface area contributed by atoms with Gasteiger partial charge in [0.2, 0.25) is 0 Å². The lowest BCUT2D eigenvalue weighted by Crippen LogP contribution is -2.52. The van der Waals surface area contributed by atoms with Gasteiger partial charge in [-0.3, -0.25) is 0 Å². The van der Waals surface area contributed by atoms with E-state index in [9.17, 15) is 5.11 Å². The molecule has 2 heteroatoms. The highest BCUT2D eigenvalue weighted by molar-refractivity contribution is 5.02. The lowest BCUT2D eigenvalue weighted by atomic mass is 9.78. The minimum atomic E-state index is -0.313. The van der Waals surface area contributed by atoms with Crippen LogP contribution in [-0.4, -0.2) is 35.7 Å². The van der Waals surface area contributed by atoms with Crippen LogP contribution < -0.4 is 0 Å². The molecular formula is C10H19NO. The van der Waals surface area contributed by atoms with Crippen molar-refractivity contribution in [3.8, 4) is 0 Å². The molecule has 0 spiro atoms. The maximum Gasteiger partial charge on any atom is 0.0725 e. The quantitative estimate of drug-likeness (QED) is 0.635. The summed E-state index contributed by atoms with van der Waals surface area (Å²) in [6.07, 6.45) is 3.41. The van der Waals surface area contributed by atoms with E-state index in [1.807, 2.05) is 0 Å². The Balaban J connectivity index is 2.19. The zero-order chi connectivity index (χ0) is 8.77. The fourth-order valence-electron chi connectivity index (χ4n) is 3.14. The fourth-order valence-corrected chi connectivity index (χ4v) is 3.14. The van der Waals surface area contributed by atoms with Crippen LogP contribution in [-0.2, 0) is 0 Å². The summed E-state index contributed by atoms with van der Waals surface area (Å²) >= 11 is 0. The SMILES string of the molecule is CCC1(O)C2CCC1CN(C)C2. The van der Waals surface area contributed by atoms with Crippen LogP contribution in [0, 0.1) is 11.8 Å². The van der Waals surface area contributed by atoms with Crippen LogP contribution in [0.25, 0.3) is 0 Å². The van der Waals surface area contributed by atoms with Gasteiger partial charge in [-0.2, -0.15) is 0 Å². The van der Waals surface area contributed by atoms with Gasteiger partial charge in [0.1, 0.15) is 0 Å². The van der Waals surface area contributed by atoms with Crippen molar-refractivity contribution in [3.63, 3.8) is 0 Å². The van der Waals surface area contributed by atoms with Gasteiger partial charge < -0.3 is 10.0 Å². The summed E-state index contributed by atoms with van der Waals surface area (Å²) in [5.41, 5.74) is -0.313. The Kier molecular flexibility index (Phi) is 1.92. The van der Waals surface area contributed by atoms with Crippen molar-refractivity contribution in [1.82, 2.24) is 4.90 Å². The van der Waals surface area contributed by atoms with E-state index in [0.29, 0.717) is 11.8 Å². The molecule has 2 nitrogen and oxygen atoms in total. The fraction of sp³-hybridized carbons (Fsp3) is 1.00. The first-order valence-electron chi connectivity index (χ1n) is 5.07. The van der Waals surface area contributed by atoms with Gasteiger partial charge in [-0.15, -0.1) is 0 Å². The predicted octanol–water partition coefficient (Wildman–Crippen LogP) is 1.10. The van der Waals surface area contributed by atoms with Crippen LogP contribution >= 0.6 is 0 Å². The van der Waals surface area contributed by atoms with Gasteiger partial charge in [0.25, 0.3) is 0 Å². The molecule has 0 amide bonds. The second kappa shape index (κ2) is 2.71. The molecule has 2 fully saturated rings. The molecule has 12 heavy (non-hydrogen) atoms. The Hall–Kier alpha value is -0.0800. The zero-order valence-electron chi connectivity index (χ0n) is 8.08. The Bertz CT molecular complexity index is 167. The monoisotopic (exact) mass is 169 g/mol. The Labute approximate surface area is 74.6 Å². The maximum atomic E-state index is 10.4. The molecule has 1 aliphatic carbocycles. The lowest BCUT2D eigenvalue weighted by molar-refractivity contribution is -0.0807. The van der Waals surface area contributed by atoms with E-state index >= 15 is 0 Å². The summed E-state index contributed by atoms with van der Waals surface area (Å²) in [5.74, 6) is 1.09. The summed E-state index contributed by atoms with van der Waals surface area (Å²) in [6, 6.07) is 0. The van der Waals surface area contributed by atoms with E-state index in [-0.39, 0.29) is 5.60 Å². The number of rotatable bonds is 1. The molecule has 1 saturated carbocycles. The third-order valence-corrected chi connectivity index (χ3v) is 3.91. The summed E-state index contributed by atoms with van der Waals surface area (Å²) in [6.45, 7) is 4.32. The molecule has 2 unspecified atom stereocenters. The van der Waals surface area contributed by atoms with Crippen molar-refractivity contribution >= 4 is 0 Å². The van der Waals surface area contributed by atoms with E-state index in [0.717, 1.165) is 19.5 Å². The topological polar surface area (TPSA) is 23.5 Å². The first-order chi connectivity index (χ1) is 5.66. The second-order valence-electron chi connectivity index (χ2n) is 4.54. The van der Waals surface area contributed by atoms with Crippen molar-refractivity contribution in [2.75, 3.05) is 20.1 Å². The van der Waals surface area contributed by atoms with Crippen LogP contribution in [0.3, 0.4) is 0 Å². The van der Waals surface area contributed by atoms with E-state index < -0.39 is 0 Å². The molecule has 2 aliphatic rings. The molecule has 1 aliphatic heterocycles. The van der Waals surface area contributed by atoms with Crippen molar-refractivity contribution in [2.45, 2.75) is 31.8 Å². The van der Waals surface area contributed by atoms with Crippen molar-refractivity contribution < 1.29 is 5.11 Å². The summed E-state index contributed by atoms with van der Waals surface area (Å²) in [7, 11) is 2.17. The van der Waals surface area contributed by atoms with Crippen molar-refractivity contribution in [3.05, 3.63) is 0 Å². The molecule has 2 rings (SSSR count). The van der Waals surface area contributed by atoms with Crippen molar-refractivity contribution in [2.24, 2.45) is 11.8 Å². The van der Waals surface area contributed by atoms with E-state index in [1.165, 1.54) is 12.8 Å². The minimum Gasteiger partial charge on any atom is -0.389 e. The molecule has 1 N–H and O–H groups in total. The lowest BCUT2D eigenvalue weighted by Gasteiger charge is -2.42. The largest absolute Gasteiger partial charge is 0.389 e. The van der Waals surface area contributed by atoms with Gasteiger partial charge in [-0.05, 0) is 26.3 Å². The van der Waals surface area contributed by atoms with Crippen LogP contribution in [0.1, 0.15) is 26.2 Å². The molecular weight excluding hydrogens is 150 g/mol. The van der Waals surface area contributed by atoms with Gasteiger partial charge in [-0.1, -0.05) is 6.92 Å². The first-order valence-corrected chi connectivity index (χ1v) is 5.07. The molecule has 0 radical (unpaired) electrons. The molecule has 0 aromatic heterocycles. The number of likely N-dealkylation sites (tertiary alicyclic amines) is 1. The second-order valence-corrected chi connectivity index (χ2v) is 4.54. The van der Waals surface area contributed by atoms with Crippen LogP contribution in [0.5, 0.6) is 0 Å². The standard InChI is InChI=1S/C10H19NO/c1-3-10(12)8-4-5-9(10)7-11(2)6-8/h8-9,12H,3-7H2,1-2H3. The Morgan fingerprint density at radius 1 is 1.33 bits per heavy atom. The van der Waals surface area contributed by atoms with E-state index in [2.05, 4.69) is 18.9 Å². The smallest absolute Gasteiger partial charge is 0.0725 e. The van der Waals surface area contributed by atoms with Crippen molar-refractivity contribution in [1.29, 1.82) is 0 Å². The van der Waals surface area contributed by atoms with Crippen LogP contribution in [0.15, 0.2) is 0 Å². The van der Waals surface area contributed by atoms with Crippen LogP contribution in [0.2, 0.25) is 0 Å². The summed E-state index contributed by atoms with van der Waals surface area (Å²) in [5, 5.41) is 10.4. The van der Waals surface area contributed by atoms with Gasteiger partial charge in [-0.25, -0.2) is 0 Å². The third kappa shape index (κ3) is 1.01. The first kappa shape index (κ1) is 8.52. The van der Waals surface area contributed by atoms with Gasteiger partial charge in [0, 0.05) is 24.9 Å². The average molecular weight is 169 g/mol. The highest BCUT2D eigenvalue weighted by Gasteiger charge is 2.50. The number of piperidine rings is 1. The number of aliphatic hydroxyl groups is 1. The molecule has 0 aromatic rings. The van der Waals surface area contributed by atoms with Gasteiger partial charge >= 0.3 is 0 Å². The summed E-state index contributed by atoms with van der Waals surface area (Å²) < 4.78 is 0. The molecule has 70 valence electrons. The number of fused-ring (bicyclic) bond motifs is 2. The molecule has 1 saturated heterocycles. The Morgan fingerprint density at radius 2 is 1.83 bits per heavy atom. The zero-order valence-corrected chi connectivity index (χ0v) is 8.08. The highest BCUT2D eigenvalue weighted by atomic mass is 16.3. The molecule has 1 heterocycles. The average Bonchev–Trinajstić information content (AvgIpc) is 2.24. The third-order valence-electron chi connectivity index (χ3n) is 3.91. The highest BCUT2D eigenvalue weighted by Crippen LogP contribution is 2.46. The molecule has 2 atom stereocenters.